The summed E-state index contributed by atoms with van der Waals surface area (Å²) in [7, 11) is 1.59. The highest BCUT2D eigenvalue weighted by Crippen LogP contribution is 2.18. The summed E-state index contributed by atoms with van der Waals surface area (Å²) in [5.41, 5.74) is 2.35. The maximum Gasteiger partial charge on any atom is 0.322 e. The highest BCUT2D eigenvalue weighted by Gasteiger charge is 2.24. The van der Waals surface area contributed by atoms with Crippen LogP contribution in [0.1, 0.15) is 21.1 Å². The highest BCUT2D eigenvalue weighted by atomic mass is 35.5. The smallest absolute Gasteiger partial charge is 0.322 e. The average molecular weight is 528 g/mol. The zero-order valence-corrected chi connectivity index (χ0v) is 21.8. The number of piperazine rings is 1. The maximum absolute atomic E-state index is 13.1. The van der Waals surface area contributed by atoms with Crippen molar-refractivity contribution in [1.29, 1.82) is 0 Å². The number of anilines is 1. The van der Waals surface area contributed by atoms with Crippen LogP contribution < -0.4 is 5.32 Å². The number of ether oxygens (including phenoxy) is 1. The van der Waals surface area contributed by atoms with Crippen LogP contribution in [0.3, 0.4) is 0 Å². The van der Waals surface area contributed by atoms with E-state index < -0.39 is 0 Å². The van der Waals surface area contributed by atoms with Crippen LogP contribution in [0.2, 0.25) is 5.02 Å². The number of nitrogens with zero attached hydrogens (tertiary/aromatic N) is 4. The third kappa shape index (κ3) is 7.27. The third-order valence-corrected chi connectivity index (χ3v) is 7.04. The normalized spacial score (nSPS) is 14.0. The van der Waals surface area contributed by atoms with Crippen molar-refractivity contribution in [2.75, 3.05) is 51.8 Å². The maximum atomic E-state index is 13.1. The summed E-state index contributed by atoms with van der Waals surface area (Å²) in [4.78, 5) is 36.3. The third-order valence-electron chi connectivity index (χ3n) is 5.95. The molecule has 1 fully saturated rings. The Hall–Kier alpha value is -2.98. The van der Waals surface area contributed by atoms with E-state index in [0.29, 0.717) is 47.7 Å². The largest absolute Gasteiger partial charge is 0.383 e. The van der Waals surface area contributed by atoms with E-state index in [1.54, 1.807) is 41.7 Å². The molecule has 190 valence electrons. The standard InChI is InChI=1S/C26H30ClN5O3S/c1-35-16-15-32(26(34)28-22-9-7-21(27)8-10-22)18-24-29-23(19-36-24)25(33)31-13-11-30(12-14-31)17-20-5-3-2-4-6-20/h2-10,19H,11-18H2,1H3,(H,28,34). The van der Waals surface area contributed by atoms with E-state index in [0.717, 1.165) is 19.6 Å². The molecule has 0 aliphatic carbocycles. The Morgan fingerprint density at radius 3 is 2.50 bits per heavy atom. The minimum atomic E-state index is -0.271. The summed E-state index contributed by atoms with van der Waals surface area (Å²) >= 11 is 7.31. The van der Waals surface area contributed by atoms with E-state index >= 15 is 0 Å². The lowest BCUT2D eigenvalue weighted by Gasteiger charge is -2.34. The minimum Gasteiger partial charge on any atom is -0.383 e. The molecule has 1 saturated heterocycles. The fourth-order valence-electron chi connectivity index (χ4n) is 3.95. The summed E-state index contributed by atoms with van der Waals surface area (Å²) in [5.74, 6) is -0.0640. The molecule has 1 aliphatic rings. The lowest BCUT2D eigenvalue weighted by Crippen LogP contribution is -2.48. The van der Waals surface area contributed by atoms with Gasteiger partial charge in [0.25, 0.3) is 5.91 Å². The van der Waals surface area contributed by atoms with Gasteiger partial charge in [-0.15, -0.1) is 11.3 Å². The van der Waals surface area contributed by atoms with E-state index in [9.17, 15) is 9.59 Å². The predicted molar refractivity (Wildman–Crippen MR) is 142 cm³/mol. The van der Waals surface area contributed by atoms with Crippen molar-refractivity contribution in [2.24, 2.45) is 0 Å². The van der Waals surface area contributed by atoms with Gasteiger partial charge in [-0.05, 0) is 29.8 Å². The second-order valence-corrected chi connectivity index (χ2v) is 9.91. The Labute approximate surface area is 220 Å². The number of thiazole rings is 1. The number of aromatic nitrogens is 1. The number of carbonyl (C=O) groups is 2. The summed E-state index contributed by atoms with van der Waals surface area (Å²) in [6, 6.07) is 17.0. The van der Waals surface area contributed by atoms with Gasteiger partial charge in [0.05, 0.1) is 13.2 Å². The van der Waals surface area contributed by atoms with E-state index in [1.165, 1.54) is 16.9 Å². The monoisotopic (exact) mass is 527 g/mol. The fourth-order valence-corrected chi connectivity index (χ4v) is 4.86. The molecule has 2 heterocycles. The van der Waals surface area contributed by atoms with Gasteiger partial charge in [-0.1, -0.05) is 41.9 Å². The molecule has 3 aromatic rings. The van der Waals surface area contributed by atoms with Crippen LogP contribution in [0.15, 0.2) is 60.0 Å². The van der Waals surface area contributed by atoms with Gasteiger partial charge < -0.3 is 19.9 Å². The number of urea groups is 1. The van der Waals surface area contributed by atoms with Crippen LogP contribution in [0.4, 0.5) is 10.5 Å². The molecule has 1 aromatic heterocycles. The SMILES string of the molecule is COCCN(Cc1nc(C(=O)N2CCN(Cc3ccccc3)CC2)cs1)C(=O)Nc1ccc(Cl)cc1. The molecule has 36 heavy (non-hydrogen) atoms. The topological polar surface area (TPSA) is 78.0 Å². The molecule has 1 aliphatic heterocycles. The molecule has 2 aromatic carbocycles. The fraction of sp³-hybridized carbons (Fsp3) is 0.346. The van der Waals surface area contributed by atoms with Crippen molar-refractivity contribution >= 4 is 40.6 Å². The zero-order valence-electron chi connectivity index (χ0n) is 20.2. The van der Waals surface area contributed by atoms with Crippen LogP contribution in [0.25, 0.3) is 0 Å². The molecule has 0 atom stereocenters. The Morgan fingerprint density at radius 1 is 1.08 bits per heavy atom. The van der Waals surface area contributed by atoms with Crippen molar-refractivity contribution < 1.29 is 14.3 Å². The Balaban J connectivity index is 1.32. The molecule has 0 unspecified atom stereocenters. The summed E-state index contributed by atoms with van der Waals surface area (Å²) in [6.07, 6.45) is 0. The van der Waals surface area contributed by atoms with Crippen molar-refractivity contribution in [3.63, 3.8) is 0 Å². The summed E-state index contributed by atoms with van der Waals surface area (Å²) in [5, 5.41) is 5.94. The molecule has 4 rings (SSSR count). The van der Waals surface area contributed by atoms with Gasteiger partial charge in [0.2, 0.25) is 0 Å². The number of methoxy groups -OCH3 is 1. The van der Waals surface area contributed by atoms with Crippen molar-refractivity contribution in [1.82, 2.24) is 19.7 Å². The zero-order chi connectivity index (χ0) is 25.3. The van der Waals surface area contributed by atoms with Crippen LogP contribution in [-0.4, -0.2) is 78.1 Å². The van der Waals surface area contributed by atoms with Gasteiger partial charge in [0.1, 0.15) is 10.7 Å². The minimum absolute atomic E-state index is 0.0640. The van der Waals surface area contributed by atoms with Crippen LogP contribution in [0.5, 0.6) is 0 Å². The Kier molecular flexibility index (Phi) is 9.29. The first-order valence-corrected chi connectivity index (χ1v) is 13.1. The number of rotatable bonds is 9. The van der Waals surface area contributed by atoms with Gasteiger partial charge in [0.15, 0.2) is 0 Å². The van der Waals surface area contributed by atoms with E-state index in [4.69, 9.17) is 16.3 Å². The molecule has 8 nitrogen and oxygen atoms in total. The predicted octanol–water partition coefficient (Wildman–Crippen LogP) is 4.44. The number of carbonyl (C=O) groups excluding carboxylic acids is 2. The van der Waals surface area contributed by atoms with Gasteiger partial charge in [-0.3, -0.25) is 9.69 Å². The van der Waals surface area contributed by atoms with Gasteiger partial charge in [-0.25, -0.2) is 9.78 Å². The number of nitrogens with one attached hydrogen (secondary N) is 1. The van der Waals surface area contributed by atoms with E-state index in [1.807, 2.05) is 23.1 Å². The molecular formula is C26H30ClN5O3S. The Morgan fingerprint density at radius 2 is 1.81 bits per heavy atom. The second-order valence-electron chi connectivity index (χ2n) is 8.53. The number of amides is 3. The van der Waals surface area contributed by atoms with Crippen molar-refractivity contribution in [2.45, 2.75) is 13.1 Å². The number of benzene rings is 2. The second kappa shape index (κ2) is 12.8. The lowest BCUT2D eigenvalue weighted by molar-refractivity contribution is 0.0623. The van der Waals surface area contributed by atoms with Crippen LogP contribution >= 0.6 is 22.9 Å². The van der Waals surface area contributed by atoms with Gasteiger partial charge >= 0.3 is 6.03 Å². The Bertz CT molecular complexity index is 1130. The van der Waals surface area contributed by atoms with E-state index in [2.05, 4.69) is 27.3 Å². The number of hydrogen-bond donors (Lipinski definition) is 1. The molecule has 1 N–H and O–H groups in total. The van der Waals surface area contributed by atoms with E-state index in [-0.39, 0.29) is 18.5 Å². The average Bonchev–Trinajstić information content (AvgIpc) is 3.37. The summed E-state index contributed by atoms with van der Waals surface area (Å²) < 4.78 is 5.17. The quantitative estimate of drug-likeness (QED) is 0.445. The molecule has 0 saturated carbocycles. The van der Waals surface area contributed by atoms with Crippen molar-refractivity contribution in [3.05, 3.63) is 81.3 Å². The molecular weight excluding hydrogens is 498 g/mol. The number of halogens is 1. The van der Waals surface area contributed by atoms with Crippen molar-refractivity contribution in [3.8, 4) is 0 Å². The molecule has 3 amide bonds. The highest BCUT2D eigenvalue weighted by molar-refractivity contribution is 7.09. The first-order valence-electron chi connectivity index (χ1n) is 11.8. The number of hydrogen-bond acceptors (Lipinski definition) is 6. The van der Waals surface area contributed by atoms with Crippen LogP contribution in [-0.2, 0) is 17.8 Å². The molecule has 0 radical (unpaired) electrons. The first kappa shape index (κ1) is 26.1. The lowest BCUT2D eigenvalue weighted by atomic mass is 10.2. The summed E-state index contributed by atoms with van der Waals surface area (Å²) in [6.45, 7) is 4.94. The molecule has 0 bridgehead atoms. The van der Waals surface area contributed by atoms with Gasteiger partial charge in [-0.2, -0.15) is 0 Å². The molecule has 10 heteroatoms. The van der Waals surface area contributed by atoms with Crippen LogP contribution in [0, 0.1) is 0 Å². The molecule has 0 spiro atoms. The first-order chi connectivity index (χ1) is 17.5. The van der Waals surface area contributed by atoms with Gasteiger partial charge in [0, 0.05) is 62.5 Å².